The lowest BCUT2D eigenvalue weighted by molar-refractivity contribution is 0.167. The van der Waals surface area contributed by atoms with E-state index in [-0.39, 0.29) is 0 Å². The number of benzene rings is 2. The Labute approximate surface area is 178 Å². The van der Waals surface area contributed by atoms with Crippen LogP contribution in [-0.4, -0.2) is 16.7 Å². The number of hydrogen-bond acceptors (Lipinski definition) is 5. The van der Waals surface area contributed by atoms with Gasteiger partial charge in [-0.3, -0.25) is 10.2 Å². The van der Waals surface area contributed by atoms with Crippen molar-refractivity contribution in [1.82, 2.24) is 4.37 Å². The average Bonchev–Trinajstić information content (AvgIpc) is 3.05. The molecule has 0 atom stereocenters. The number of hydrogen-bond donors (Lipinski definition) is 1. The van der Waals surface area contributed by atoms with Gasteiger partial charge in [0.25, 0.3) is 0 Å². The molecule has 10 heteroatoms. The second kappa shape index (κ2) is 8.91. The van der Waals surface area contributed by atoms with E-state index in [2.05, 4.69) is 14.8 Å². The minimum Gasteiger partial charge on any atom is -0.298 e. The standard InChI is InChI=1S/C17H9Cl4N3O2S/c18-10-3-1-4-11(19)9(10)7-22-26-17(25)23-14-8-27-24-16(14)15-12(20)5-2-6-13(15)21/h1-8H,(H,23,25). The van der Waals surface area contributed by atoms with E-state index in [1.807, 2.05) is 0 Å². The Morgan fingerprint density at radius 3 is 2.26 bits per heavy atom. The van der Waals surface area contributed by atoms with Crippen molar-refractivity contribution in [3.63, 3.8) is 0 Å². The van der Waals surface area contributed by atoms with E-state index in [4.69, 9.17) is 51.2 Å². The summed E-state index contributed by atoms with van der Waals surface area (Å²) in [6.07, 6.45) is 0.432. The van der Waals surface area contributed by atoms with Crippen molar-refractivity contribution in [2.45, 2.75) is 0 Å². The first-order chi connectivity index (χ1) is 13.0. The van der Waals surface area contributed by atoms with Gasteiger partial charge in [0.1, 0.15) is 5.69 Å². The summed E-state index contributed by atoms with van der Waals surface area (Å²) < 4.78 is 4.24. The van der Waals surface area contributed by atoms with E-state index in [1.54, 1.807) is 41.8 Å². The van der Waals surface area contributed by atoms with Crippen LogP contribution in [0.1, 0.15) is 5.56 Å². The number of rotatable bonds is 4. The summed E-state index contributed by atoms with van der Waals surface area (Å²) in [5, 5.41) is 9.38. The van der Waals surface area contributed by atoms with E-state index >= 15 is 0 Å². The maximum absolute atomic E-state index is 12.0. The van der Waals surface area contributed by atoms with Gasteiger partial charge in [0.05, 0.1) is 32.0 Å². The van der Waals surface area contributed by atoms with E-state index in [1.165, 1.54) is 6.21 Å². The van der Waals surface area contributed by atoms with Gasteiger partial charge in [-0.25, -0.2) is 4.79 Å². The smallest absolute Gasteiger partial charge is 0.298 e. The Morgan fingerprint density at radius 1 is 1.04 bits per heavy atom. The molecular weight excluding hydrogens is 452 g/mol. The number of carbonyl (C=O) groups excluding carboxylic acids is 1. The van der Waals surface area contributed by atoms with Crippen molar-refractivity contribution in [1.29, 1.82) is 0 Å². The molecule has 1 amide bonds. The molecule has 0 saturated carbocycles. The van der Waals surface area contributed by atoms with E-state index in [0.717, 1.165) is 11.5 Å². The summed E-state index contributed by atoms with van der Waals surface area (Å²) >= 11 is 25.6. The first-order valence-electron chi connectivity index (χ1n) is 7.31. The zero-order chi connectivity index (χ0) is 19.4. The molecule has 0 fully saturated rings. The second-order valence-corrected chi connectivity index (χ2v) is 7.30. The lowest BCUT2D eigenvalue weighted by Crippen LogP contribution is -2.11. The van der Waals surface area contributed by atoms with Gasteiger partial charge in [0.15, 0.2) is 0 Å². The molecule has 3 aromatic rings. The molecule has 5 nitrogen and oxygen atoms in total. The van der Waals surface area contributed by atoms with Gasteiger partial charge in [-0.2, -0.15) is 4.37 Å². The summed E-state index contributed by atoms with van der Waals surface area (Å²) in [6.45, 7) is 0. The molecule has 27 heavy (non-hydrogen) atoms. The van der Waals surface area contributed by atoms with Crippen LogP contribution in [0.4, 0.5) is 10.5 Å². The number of halogens is 4. The Balaban J connectivity index is 1.73. The lowest BCUT2D eigenvalue weighted by atomic mass is 10.1. The van der Waals surface area contributed by atoms with Crippen LogP contribution < -0.4 is 5.32 Å². The summed E-state index contributed by atoms with van der Waals surface area (Å²) in [5.74, 6) is 0. The van der Waals surface area contributed by atoms with Crippen molar-refractivity contribution >= 4 is 75.9 Å². The predicted octanol–water partition coefficient (Wildman–Crippen LogP) is 7.01. The Hall–Kier alpha value is -1.83. The number of nitrogens with one attached hydrogen (secondary N) is 1. The molecule has 0 spiro atoms. The van der Waals surface area contributed by atoms with Crippen LogP contribution in [0, 0.1) is 0 Å². The summed E-state index contributed by atoms with van der Waals surface area (Å²) in [5.41, 5.74) is 1.79. The van der Waals surface area contributed by atoms with Crippen LogP contribution >= 0.6 is 57.9 Å². The highest BCUT2D eigenvalue weighted by Gasteiger charge is 2.17. The second-order valence-electron chi connectivity index (χ2n) is 5.05. The highest BCUT2D eigenvalue weighted by molar-refractivity contribution is 7.04. The summed E-state index contributed by atoms with van der Waals surface area (Å²) in [6, 6.07) is 10.1. The quantitative estimate of drug-likeness (QED) is 0.258. The maximum atomic E-state index is 12.0. The van der Waals surface area contributed by atoms with Crippen LogP contribution in [-0.2, 0) is 4.84 Å². The fourth-order valence-electron chi connectivity index (χ4n) is 2.12. The number of amides is 1. The predicted molar refractivity (Wildman–Crippen MR) is 112 cm³/mol. The summed E-state index contributed by atoms with van der Waals surface area (Å²) in [7, 11) is 0. The normalized spacial score (nSPS) is 11.0. The molecule has 1 aromatic heterocycles. The van der Waals surface area contributed by atoms with Gasteiger partial charge >= 0.3 is 6.09 Å². The minimum atomic E-state index is -0.820. The molecule has 0 aliphatic rings. The molecule has 2 aromatic carbocycles. The third-order valence-electron chi connectivity index (χ3n) is 3.32. The van der Waals surface area contributed by atoms with Gasteiger partial charge in [-0.15, -0.1) is 0 Å². The fourth-order valence-corrected chi connectivity index (χ4v) is 3.82. The van der Waals surface area contributed by atoms with Gasteiger partial charge in [0, 0.05) is 16.5 Å². The van der Waals surface area contributed by atoms with E-state index in [9.17, 15) is 4.79 Å². The molecule has 0 aliphatic carbocycles. The molecule has 0 aliphatic heterocycles. The number of carbonyl (C=O) groups is 1. The topological polar surface area (TPSA) is 63.6 Å². The number of oxime groups is 1. The van der Waals surface area contributed by atoms with Crippen LogP contribution in [0.15, 0.2) is 46.9 Å². The van der Waals surface area contributed by atoms with Crippen molar-refractivity contribution < 1.29 is 9.63 Å². The third kappa shape index (κ3) is 4.72. The molecule has 1 N–H and O–H groups in total. The van der Waals surface area contributed by atoms with Crippen LogP contribution in [0.3, 0.4) is 0 Å². The zero-order valence-corrected chi connectivity index (χ0v) is 17.1. The average molecular weight is 461 g/mol. The first kappa shape index (κ1) is 19.9. The van der Waals surface area contributed by atoms with Crippen LogP contribution in [0.2, 0.25) is 20.1 Å². The molecule has 1 heterocycles. The Bertz CT molecular complexity index is 983. The van der Waals surface area contributed by atoms with Crippen LogP contribution in [0.5, 0.6) is 0 Å². The molecular formula is C17H9Cl4N3O2S. The molecule has 138 valence electrons. The molecule has 0 bridgehead atoms. The Morgan fingerprint density at radius 2 is 1.63 bits per heavy atom. The third-order valence-corrected chi connectivity index (χ3v) is 5.24. The van der Waals surface area contributed by atoms with Gasteiger partial charge in [0.2, 0.25) is 0 Å². The number of nitrogens with zero attached hydrogens (tertiary/aromatic N) is 2. The van der Waals surface area contributed by atoms with Gasteiger partial charge in [-0.05, 0) is 35.8 Å². The number of anilines is 1. The largest absolute Gasteiger partial charge is 0.437 e. The monoisotopic (exact) mass is 459 g/mol. The first-order valence-corrected chi connectivity index (χ1v) is 9.66. The Kier molecular flexibility index (Phi) is 6.57. The highest BCUT2D eigenvalue weighted by Crippen LogP contribution is 2.38. The van der Waals surface area contributed by atoms with Gasteiger partial charge < -0.3 is 0 Å². The van der Waals surface area contributed by atoms with Crippen molar-refractivity contribution in [2.75, 3.05) is 5.32 Å². The lowest BCUT2D eigenvalue weighted by Gasteiger charge is -2.07. The minimum absolute atomic E-state index is 0.382. The summed E-state index contributed by atoms with van der Waals surface area (Å²) in [4.78, 5) is 16.8. The van der Waals surface area contributed by atoms with E-state index < -0.39 is 6.09 Å². The fraction of sp³-hybridized carbons (Fsp3) is 0. The zero-order valence-electron chi connectivity index (χ0n) is 13.2. The van der Waals surface area contributed by atoms with Crippen LogP contribution in [0.25, 0.3) is 11.3 Å². The molecule has 3 rings (SSSR count). The van der Waals surface area contributed by atoms with Crippen molar-refractivity contribution in [2.24, 2.45) is 5.16 Å². The van der Waals surface area contributed by atoms with E-state index in [0.29, 0.717) is 42.6 Å². The SMILES string of the molecule is O=C(Nc1csnc1-c1c(Cl)cccc1Cl)ON=Cc1c(Cl)cccc1Cl. The molecule has 0 radical (unpaired) electrons. The maximum Gasteiger partial charge on any atom is 0.437 e. The molecule has 0 saturated heterocycles. The van der Waals surface area contributed by atoms with Crippen molar-refractivity contribution in [3.05, 3.63) is 67.4 Å². The van der Waals surface area contributed by atoms with Crippen molar-refractivity contribution in [3.8, 4) is 11.3 Å². The van der Waals surface area contributed by atoms with Gasteiger partial charge in [-0.1, -0.05) is 63.7 Å². The number of aromatic nitrogens is 1. The highest BCUT2D eigenvalue weighted by atomic mass is 35.5. The molecule has 0 unspecified atom stereocenters.